The van der Waals surface area contributed by atoms with Gasteiger partial charge in [-0.05, 0) is 17.2 Å². The lowest BCUT2D eigenvalue weighted by Gasteiger charge is -2.25. The molecule has 4 nitrogen and oxygen atoms in total. The highest BCUT2D eigenvalue weighted by Gasteiger charge is 2.28. The molecule has 1 aliphatic rings. The summed E-state index contributed by atoms with van der Waals surface area (Å²) in [5.74, 6) is -1.62. The van der Waals surface area contributed by atoms with Gasteiger partial charge in [0.15, 0.2) is 0 Å². The number of hydrogen-bond acceptors (Lipinski definition) is 3. The molecule has 0 aromatic heterocycles. The van der Waals surface area contributed by atoms with Crippen LogP contribution in [0.15, 0.2) is 48.6 Å². The van der Waals surface area contributed by atoms with Crippen molar-refractivity contribution in [3.8, 4) is 0 Å². The average Bonchev–Trinajstić information content (AvgIpc) is 2.29. The van der Waals surface area contributed by atoms with Gasteiger partial charge in [-0.1, -0.05) is 42.5 Å². The van der Waals surface area contributed by atoms with Gasteiger partial charge in [0.1, 0.15) is 0 Å². The zero-order chi connectivity index (χ0) is 12.3. The molecular formula is C13H13NO3. The number of aliphatic hydroxyl groups is 1. The minimum absolute atomic E-state index is 0.191. The van der Waals surface area contributed by atoms with E-state index in [2.05, 4.69) is 4.74 Å². The Kier molecular flexibility index (Phi) is 2.97. The van der Waals surface area contributed by atoms with Crippen LogP contribution in [0, 0.1) is 0 Å². The molecule has 0 heterocycles. The molecule has 1 aromatic carbocycles. The Labute approximate surface area is 99.0 Å². The standard InChI is InChI=1S/C13H13NO3/c14-12(15)17-13(16)8-6-11(7-9-13)10-4-2-1-3-5-10/h1-8,16H,9H2,(H2,14,15). The van der Waals surface area contributed by atoms with Gasteiger partial charge in [-0.15, -0.1) is 0 Å². The fourth-order valence-corrected chi connectivity index (χ4v) is 1.71. The van der Waals surface area contributed by atoms with Crippen LogP contribution in [0.3, 0.4) is 0 Å². The quantitative estimate of drug-likeness (QED) is 0.762. The van der Waals surface area contributed by atoms with Crippen molar-refractivity contribution in [1.82, 2.24) is 0 Å². The third-order valence-electron chi connectivity index (χ3n) is 2.52. The lowest BCUT2D eigenvalue weighted by atomic mass is 9.96. The largest absolute Gasteiger partial charge is 0.413 e. The molecule has 0 bridgehead atoms. The van der Waals surface area contributed by atoms with E-state index in [1.54, 1.807) is 12.2 Å². The van der Waals surface area contributed by atoms with Crippen LogP contribution in [0.4, 0.5) is 4.79 Å². The Bertz CT molecular complexity index is 479. The molecule has 3 N–H and O–H groups in total. The van der Waals surface area contributed by atoms with Crippen LogP contribution in [0.25, 0.3) is 5.57 Å². The summed E-state index contributed by atoms with van der Waals surface area (Å²) in [6.07, 6.45) is 4.14. The smallest absolute Gasteiger partial charge is 0.407 e. The van der Waals surface area contributed by atoms with Crippen molar-refractivity contribution in [2.24, 2.45) is 5.73 Å². The minimum Gasteiger partial charge on any atom is -0.413 e. The van der Waals surface area contributed by atoms with E-state index < -0.39 is 11.9 Å². The van der Waals surface area contributed by atoms with Gasteiger partial charge in [0, 0.05) is 6.42 Å². The Morgan fingerprint density at radius 3 is 2.59 bits per heavy atom. The van der Waals surface area contributed by atoms with Crippen molar-refractivity contribution < 1.29 is 14.6 Å². The summed E-state index contributed by atoms with van der Waals surface area (Å²) >= 11 is 0. The molecule has 0 aliphatic heterocycles. The fraction of sp³-hybridized carbons (Fsp3) is 0.154. The number of ether oxygens (including phenoxy) is 1. The summed E-state index contributed by atoms with van der Waals surface area (Å²) in [6.45, 7) is 0. The van der Waals surface area contributed by atoms with Crippen LogP contribution in [0.2, 0.25) is 0 Å². The summed E-state index contributed by atoms with van der Waals surface area (Å²) in [5.41, 5.74) is 6.90. The number of hydrogen-bond donors (Lipinski definition) is 2. The summed E-state index contributed by atoms with van der Waals surface area (Å²) < 4.78 is 4.63. The van der Waals surface area contributed by atoms with Gasteiger partial charge in [0.2, 0.25) is 5.79 Å². The van der Waals surface area contributed by atoms with Crippen molar-refractivity contribution in [3.63, 3.8) is 0 Å². The topological polar surface area (TPSA) is 72.6 Å². The maximum Gasteiger partial charge on any atom is 0.407 e. The SMILES string of the molecule is NC(=O)OC1(O)C=CC(c2ccccc2)=CC1. The van der Waals surface area contributed by atoms with E-state index in [1.807, 2.05) is 30.3 Å². The van der Waals surface area contributed by atoms with E-state index in [1.165, 1.54) is 6.08 Å². The Morgan fingerprint density at radius 1 is 1.35 bits per heavy atom. The number of carbonyl (C=O) groups is 1. The molecule has 4 heteroatoms. The van der Waals surface area contributed by atoms with E-state index in [4.69, 9.17) is 5.73 Å². The summed E-state index contributed by atoms with van der Waals surface area (Å²) in [5, 5.41) is 9.85. The third kappa shape index (κ3) is 2.73. The second-order valence-electron chi connectivity index (χ2n) is 3.83. The van der Waals surface area contributed by atoms with Crippen LogP contribution < -0.4 is 5.73 Å². The van der Waals surface area contributed by atoms with Gasteiger partial charge in [-0.25, -0.2) is 4.79 Å². The Balaban J connectivity index is 2.14. The lowest BCUT2D eigenvalue weighted by molar-refractivity contribution is -0.117. The molecule has 0 radical (unpaired) electrons. The fourth-order valence-electron chi connectivity index (χ4n) is 1.71. The first-order valence-corrected chi connectivity index (χ1v) is 5.25. The maximum absolute atomic E-state index is 10.6. The highest BCUT2D eigenvalue weighted by molar-refractivity contribution is 5.75. The Morgan fingerprint density at radius 2 is 2.06 bits per heavy atom. The number of carbonyl (C=O) groups excluding carboxylic acids is 1. The molecule has 0 saturated heterocycles. The monoisotopic (exact) mass is 231 g/mol. The summed E-state index contributed by atoms with van der Waals surface area (Å²) in [4.78, 5) is 10.6. The van der Waals surface area contributed by atoms with Gasteiger partial charge in [-0.2, -0.15) is 0 Å². The molecule has 1 atom stereocenters. The second kappa shape index (κ2) is 4.43. The first kappa shape index (κ1) is 11.4. The molecule has 1 amide bonds. The number of nitrogens with two attached hydrogens (primary N) is 1. The first-order chi connectivity index (χ1) is 8.09. The molecule has 17 heavy (non-hydrogen) atoms. The van der Waals surface area contributed by atoms with E-state index in [9.17, 15) is 9.90 Å². The number of benzene rings is 1. The zero-order valence-electron chi connectivity index (χ0n) is 9.17. The van der Waals surface area contributed by atoms with Crippen molar-refractivity contribution in [2.75, 3.05) is 0 Å². The zero-order valence-corrected chi connectivity index (χ0v) is 9.17. The van der Waals surface area contributed by atoms with Gasteiger partial charge >= 0.3 is 6.09 Å². The molecule has 2 rings (SSSR count). The van der Waals surface area contributed by atoms with E-state index >= 15 is 0 Å². The lowest BCUT2D eigenvalue weighted by Crippen LogP contribution is -2.35. The van der Waals surface area contributed by atoms with Crippen molar-refractivity contribution in [2.45, 2.75) is 12.2 Å². The molecule has 0 saturated carbocycles. The highest BCUT2D eigenvalue weighted by atomic mass is 16.7. The molecular weight excluding hydrogens is 218 g/mol. The van der Waals surface area contributed by atoms with E-state index in [0.717, 1.165) is 11.1 Å². The van der Waals surface area contributed by atoms with Gasteiger partial charge in [-0.3, -0.25) is 0 Å². The summed E-state index contributed by atoms with van der Waals surface area (Å²) in [6, 6.07) is 9.74. The average molecular weight is 231 g/mol. The van der Waals surface area contributed by atoms with Crippen molar-refractivity contribution in [1.29, 1.82) is 0 Å². The number of rotatable bonds is 2. The molecule has 88 valence electrons. The molecule has 1 unspecified atom stereocenters. The van der Waals surface area contributed by atoms with E-state index in [-0.39, 0.29) is 6.42 Å². The first-order valence-electron chi connectivity index (χ1n) is 5.25. The Hall–Kier alpha value is -2.07. The van der Waals surface area contributed by atoms with Gasteiger partial charge < -0.3 is 15.6 Å². The number of amides is 1. The molecule has 1 aromatic rings. The number of allylic oxidation sites excluding steroid dienone is 2. The molecule has 0 fully saturated rings. The van der Waals surface area contributed by atoms with Crippen LogP contribution in [0.1, 0.15) is 12.0 Å². The predicted molar refractivity (Wildman–Crippen MR) is 63.8 cm³/mol. The van der Waals surface area contributed by atoms with Crippen LogP contribution in [0.5, 0.6) is 0 Å². The molecule has 1 aliphatic carbocycles. The minimum atomic E-state index is -1.62. The van der Waals surface area contributed by atoms with Crippen LogP contribution in [-0.4, -0.2) is 17.0 Å². The van der Waals surface area contributed by atoms with Crippen molar-refractivity contribution >= 4 is 11.7 Å². The van der Waals surface area contributed by atoms with E-state index in [0.29, 0.717) is 0 Å². The van der Waals surface area contributed by atoms with Crippen LogP contribution >= 0.6 is 0 Å². The predicted octanol–water partition coefficient (Wildman–Crippen LogP) is 1.81. The van der Waals surface area contributed by atoms with Gasteiger partial charge in [0.25, 0.3) is 0 Å². The van der Waals surface area contributed by atoms with Crippen molar-refractivity contribution in [3.05, 3.63) is 54.1 Å². The molecule has 0 spiro atoms. The second-order valence-corrected chi connectivity index (χ2v) is 3.83. The normalized spacial score (nSPS) is 23.0. The summed E-state index contributed by atoms with van der Waals surface area (Å²) in [7, 11) is 0. The maximum atomic E-state index is 10.6. The third-order valence-corrected chi connectivity index (χ3v) is 2.52. The van der Waals surface area contributed by atoms with Crippen LogP contribution in [-0.2, 0) is 4.74 Å². The van der Waals surface area contributed by atoms with Gasteiger partial charge in [0.05, 0.1) is 0 Å². The highest BCUT2D eigenvalue weighted by Crippen LogP contribution is 2.27. The number of primary amides is 1.